The number of carbonyl (C=O) groups is 1. The van der Waals surface area contributed by atoms with Crippen molar-refractivity contribution in [1.82, 2.24) is 19.7 Å². The number of benzene rings is 1. The van der Waals surface area contributed by atoms with Crippen molar-refractivity contribution in [1.29, 1.82) is 0 Å². The highest BCUT2D eigenvalue weighted by atomic mass is 32.1. The lowest BCUT2D eigenvalue weighted by atomic mass is 9.97. The summed E-state index contributed by atoms with van der Waals surface area (Å²) in [6.07, 6.45) is 6.49. The number of hydrogen-bond acceptors (Lipinski definition) is 5. The molecule has 1 fully saturated rings. The van der Waals surface area contributed by atoms with Gasteiger partial charge in [-0.3, -0.25) is 15.0 Å². The van der Waals surface area contributed by atoms with Crippen molar-refractivity contribution < 1.29 is 9.53 Å². The van der Waals surface area contributed by atoms with Crippen molar-refractivity contribution in [3.8, 4) is 0 Å². The van der Waals surface area contributed by atoms with Gasteiger partial charge in [0.2, 0.25) is 0 Å². The Bertz CT molecular complexity index is 1060. The number of rotatable bonds is 4. The molecule has 140 valence electrons. The number of fused-ring (bicyclic) bond motifs is 1. The second-order valence-corrected chi connectivity index (χ2v) is 7.16. The van der Waals surface area contributed by atoms with E-state index in [1.807, 2.05) is 30.3 Å². The fourth-order valence-corrected chi connectivity index (χ4v) is 3.93. The van der Waals surface area contributed by atoms with Crippen molar-refractivity contribution >= 4 is 29.2 Å². The van der Waals surface area contributed by atoms with Gasteiger partial charge in [0.25, 0.3) is 5.56 Å². The number of nitrogens with zero attached hydrogens (tertiary/aromatic N) is 2. The number of nitrogens with one attached hydrogen (secondary N) is 2. The molecule has 0 amide bonds. The van der Waals surface area contributed by atoms with Crippen LogP contribution in [0.2, 0.25) is 0 Å². The number of aromatic amines is 2. The molecule has 0 saturated heterocycles. The van der Waals surface area contributed by atoms with Gasteiger partial charge in [0.1, 0.15) is 16.1 Å². The van der Waals surface area contributed by atoms with Gasteiger partial charge in [-0.25, -0.2) is 9.78 Å². The van der Waals surface area contributed by atoms with E-state index in [2.05, 4.69) is 15.2 Å². The van der Waals surface area contributed by atoms with E-state index >= 15 is 0 Å². The van der Waals surface area contributed by atoms with E-state index in [1.54, 1.807) is 4.57 Å². The molecule has 4 rings (SSSR count). The minimum Gasteiger partial charge on any atom is -0.461 e. The lowest BCUT2D eigenvalue weighted by Crippen LogP contribution is -2.29. The van der Waals surface area contributed by atoms with Gasteiger partial charge in [-0.05, 0) is 31.2 Å². The van der Waals surface area contributed by atoms with Gasteiger partial charge < -0.3 is 9.30 Å². The van der Waals surface area contributed by atoms with Crippen molar-refractivity contribution in [3.63, 3.8) is 0 Å². The van der Waals surface area contributed by atoms with E-state index in [0.717, 1.165) is 31.2 Å². The van der Waals surface area contributed by atoms with Gasteiger partial charge >= 0.3 is 5.97 Å². The molecule has 2 aromatic heterocycles. The van der Waals surface area contributed by atoms with Gasteiger partial charge in [-0.2, -0.15) is 0 Å². The fraction of sp³-hybridized carbons (Fsp3) is 0.368. The summed E-state index contributed by atoms with van der Waals surface area (Å²) in [5.74, 6) is -0.377. The van der Waals surface area contributed by atoms with Crippen molar-refractivity contribution in [2.75, 3.05) is 0 Å². The summed E-state index contributed by atoms with van der Waals surface area (Å²) in [4.78, 5) is 29.4. The van der Waals surface area contributed by atoms with Gasteiger partial charge in [0.15, 0.2) is 11.7 Å². The lowest BCUT2D eigenvalue weighted by Gasteiger charge is -2.26. The Hall–Kier alpha value is -2.74. The van der Waals surface area contributed by atoms with Gasteiger partial charge in [0.05, 0.1) is 6.33 Å². The van der Waals surface area contributed by atoms with Crippen LogP contribution in [0.3, 0.4) is 0 Å². The molecule has 0 radical (unpaired) electrons. The molecule has 2 heterocycles. The molecule has 1 unspecified atom stereocenters. The summed E-state index contributed by atoms with van der Waals surface area (Å²) in [7, 11) is 0. The molecule has 7 nitrogen and oxygen atoms in total. The van der Waals surface area contributed by atoms with Crippen LogP contribution in [-0.2, 0) is 9.53 Å². The maximum atomic E-state index is 13.1. The van der Waals surface area contributed by atoms with E-state index in [-0.39, 0.29) is 27.7 Å². The number of ether oxygens (including phenoxy) is 1. The van der Waals surface area contributed by atoms with Gasteiger partial charge in [-0.15, -0.1) is 0 Å². The summed E-state index contributed by atoms with van der Waals surface area (Å²) < 4.78 is 7.60. The van der Waals surface area contributed by atoms with Crippen LogP contribution in [0.25, 0.3) is 11.0 Å². The zero-order valence-corrected chi connectivity index (χ0v) is 15.5. The molecule has 1 aromatic carbocycles. The number of aromatic nitrogens is 4. The number of carbonyl (C=O) groups excluding carboxylic acids is 1. The molecule has 0 spiro atoms. The van der Waals surface area contributed by atoms with E-state index < -0.39 is 6.04 Å². The van der Waals surface area contributed by atoms with Crippen LogP contribution in [-0.4, -0.2) is 31.8 Å². The van der Waals surface area contributed by atoms with Crippen LogP contribution in [0.1, 0.15) is 43.7 Å². The Balaban J connectivity index is 1.78. The molecule has 1 aliphatic carbocycles. The Morgan fingerprint density at radius 3 is 2.67 bits per heavy atom. The fourth-order valence-electron chi connectivity index (χ4n) is 3.59. The maximum Gasteiger partial charge on any atom is 0.334 e. The third-order valence-electron chi connectivity index (χ3n) is 4.97. The first-order chi connectivity index (χ1) is 13.1. The molecule has 8 heteroatoms. The van der Waals surface area contributed by atoms with Crippen LogP contribution < -0.4 is 5.56 Å². The van der Waals surface area contributed by atoms with Crippen LogP contribution >= 0.6 is 12.2 Å². The third-order valence-corrected chi connectivity index (χ3v) is 5.38. The average molecular weight is 384 g/mol. The van der Waals surface area contributed by atoms with Crippen molar-refractivity contribution in [2.45, 2.75) is 44.2 Å². The zero-order valence-electron chi connectivity index (χ0n) is 14.7. The molecular formula is C19H20N4O3S. The molecule has 27 heavy (non-hydrogen) atoms. The predicted octanol–water partition coefficient (Wildman–Crippen LogP) is 3.25. The highest BCUT2D eigenvalue weighted by molar-refractivity contribution is 7.71. The number of esters is 1. The molecule has 2 N–H and O–H groups in total. The highest BCUT2D eigenvalue weighted by Crippen LogP contribution is 2.26. The van der Waals surface area contributed by atoms with Crippen LogP contribution in [0.4, 0.5) is 0 Å². The highest BCUT2D eigenvalue weighted by Gasteiger charge is 2.28. The van der Waals surface area contributed by atoms with E-state index in [9.17, 15) is 9.59 Å². The lowest BCUT2D eigenvalue weighted by molar-refractivity contribution is -0.153. The Morgan fingerprint density at radius 2 is 1.93 bits per heavy atom. The first-order valence-electron chi connectivity index (χ1n) is 9.08. The van der Waals surface area contributed by atoms with Gasteiger partial charge in [-0.1, -0.05) is 49.0 Å². The van der Waals surface area contributed by atoms with Crippen LogP contribution in [0, 0.1) is 4.64 Å². The average Bonchev–Trinajstić information content (AvgIpc) is 3.07. The molecular weight excluding hydrogens is 364 g/mol. The summed E-state index contributed by atoms with van der Waals surface area (Å²) >= 11 is 5.51. The van der Waals surface area contributed by atoms with E-state index in [4.69, 9.17) is 17.0 Å². The molecule has 1 atom stereocenters. The summed E-state index contributed by atoms with van der Waals surface area (Å²) in [6.45, 7) is 0. The third kappa shape index (κ3) is 3.44. The van der Waals surface area contributed by atoms with Crippen molar-refractivity contribution in [3.05, 3.63) is 57.2 Å². The summed E-state index contributed by atoms with van der Waals surface area (Å²) in [5, 5.41) is 5.43. The molecule has 0 aliphatic heterocycles. The first kappa shape index (κ1) is 17.7. The normalized spacial score (nSPS) is 16.3. The quantitative estimate of drug-likeness (QED) is 0.532. The monoisotopic (exact) mass is 384 g/mol. The zero-order chi connectivity index (χ0) is 18.8. The molecule has 1 saturated carbocycles. The minimum absolute atomic E-state index is 0.0704. The molecule has 0 bridgehead atoms. The number of H-pyrrole nitrogens is 2. The topological polar surface area (TPSA) is 92.8 Å². The van der Waals surface area contributed by atoms with Gasteiger partial charge in [0, 0.05) is 0 Å². The SMILES string of the molecule is O=C(OC1CCCCC1)C(c1ccccc1)n1cnc2[nH][nH]c(=O)c2c1=S. The second-order valence-electron chi connectivity index (χ2n) is 6.77. The molecule has 3 aromatic rings. The summed E-state index contributed by atoms with van der Waals surface area (Å²) in [5.41, 5.74) is 0.751. The smallest absolute Gasteiger partial charge is 0.334 e. The number of hydrogen-bond donors (Lipinski definition) is 2. The Kier molecular flexibility index (Phi) is 4.89. The Labute approximate surface area is 160 Å². The standard InChI is InChI=1S/C19H20N4O3S/c24-17-14-16(21-22-17)20-11-23(18(14)27)15(12-7-3-1-4-8-12)19(25)26-13-9-5-2-6-10-13/h1,3-4,7-8,11,13,15H,2,5-6,9-10H2,(H2,21,22,24). The van der Waals surface area contributed by atoms with Crippen LogP contribution in [0.15, 0.2) is 41.5 Å². The van der Waals surface area contributed by atoms with Crippen molar-refractivity contribution in [2.24, 2.45) is 0 Å². The first-order valence-corrected chi connectivity index (χ1v) is 9.49. The second kappa shape index (κ2) is 7.48. The molecule has 1 aliphatic rings. The van der Waals surface area contributed by atoms with E-state index in [0.29, 0.717) is 5.65 Å². The minimum atomic E-state index is -0.785. The Morgan fingerprint density at radius 1 is 1.19 bits per heavy atom. The largest absolute Gasteiger partial charge is 0.461 e. The maximum absolute atomic E-state index is 13.1. The predicted molar refractivity (Wildman–Crippen MR) is 103 cm³/mol. The summed E-state index contributed by atoms with van der Waals surface area (Å²) in [6, 6.07) is 8.50. The van der Waals surface area contributed by atoms with Crippen LogP contribution in [0.5, 0.6) is 0 Å². The van der Waals surface area contributed by atoms with E-state index in [1.165, 1.54) is 12.7 Å².